The Balaban J connectivity index is 2.60. The lowest BCUT2D eigenvalue weighted by atomic mass is 9.97. The average Bonchev–Trinajstić information content (AvgIpc) is 2.16. The third-order valence-electron chi connectivity index (χ3n) is 2.81. The van der Waals surface area contributed by atoms with Gasteiger partial charge in [-0.1, -0.05) is 13.8 Å². The van der Waals surface area contributed by atoms with Gasteiger partial charge in [0, 0.05) is 19.6 Å². The van der Waals surface area contributed by atoms with Gasteiger partial charge in [0.05, 0.1) is 11.5 Å². The van der Waals surface area contributed by atoms with Gasteiger partial charge in [0.2, 0.25) is 0 Å². The van der Waals surface area contributed by atoms with Crippen molar-refractivity contribution in [2.45, 2.75) is 40.7 Å². The fourth-order valence-electron chi connectivity index (χ4n) is 1.63. The van der Waals surface area contributed by atoms with E-state index >= 15 is 0 Å². The van der Waals surface area contributed by atoms with Crippen LogP contribution in [0.25, 0.3) is 0 Å². The number of nitrogens with zero attached hydrogens (tertiary/aromatic N) is 1. The molecule has 1 fully saturated rings. The summed E-state index contributed by atoms with van der Waals surface area (Å²) in [4.78, 5) is 17.3. The van der Waals surface area contributed by atoms with E-state index in [0.717, 1.165) is 19.6 Å². The number of carbonyl (C=O) groups excluding carboxylic acids is 1. The predicted molar refractivity (Wildman–Crippen MR) is 63.7 cm³/mol. The highest BCUT2D eigenvalue weighted by molar-refractivity contribution is 5.75. The Morgan fingerprint density at radius 2 is 2.06 bits per heavy atom. The molecule has 0 aromatic heterocycles. The number of hydrogen-bond acceptors (Lipinski definition) is 4. The quantitative estimate of drug-likeness (QED) is 0.776. The molecule has 1 rings (SSSR count). The van der Waals surface area contributed by atoms with Gasteiger partial charge in [-0.05, 0) is 26.7 Å². The normalized spacial score (nSPS) is 23.5. The van der Waals surface area contributed by atoms with E-state index in [-0.39, 0.29) is 12.0 Å². The molecule has 0 aliphatic carbocycles. The van der Waals surface area contributed by atoms with Gasteiger partial charge in [-0.2, -0.15) is 0 Å². The maximum Gasteiger partial charge on any atom is 0.330 e. The van der Waals surface area contributed by atoms with Crippen molar-refractivity contribution in [2.75, 3.05) is 19.6 Å². The highest BCUT2D eigenvalue weighted by atomic mass is 16.7. The van der Waals surface area contributed by atoms with Crippen LogP contribution in [0, 0.1) is 11.3 Å². The van der Waals surface area contributed by atoms with Gasteiger partial charge in [0.1, 0.15) is 0 Å². The van der Waals surface area contributed by atoms with Crippen LogP contribution in [0.15, 0.2) is 0 Å². The van der Waals surface area contributed by atoms with Gasteiger partial charge < -0.3 is 10.2 Å². The number of rotatable bonds is 2. The number of carbonyl (C=O) groups is 1. The Labute approximate surface area is 98.3 Å². The van der Waals surface area contributed by atoms with Crippen LogP contribution in [0.3, 0.4) is 0 Å². The van der Waals surface area contributed by atoms with Crippen LogP contribution in [-0.2, 0) is 9.63 Å². The van der Waals surface area contributed by atoms with E-state index < -0.39 is 5.41 Å². The van der Waals surface area contributed by atoms with E-state index in [1.54, 1.807) is 0 Å². The lowest BCUT2D eigenvalue weighted by molar-refractivity contribution is -0.218. The van der Waals surface area contributed by atoms with Crippen LogP contribution < -0.4 is 5.32 Å². The summed E-state index contributed by atoms with van der Waals surface area (Å²) in [7, 11) is 0. The molecule has 0 bridgehead atoms. The van der Waals surface area contributed by atoms with Crippen LogP contribution in [0.4, 0.5) is 0 Å². The third kappa shape index (κ3) is 3.46. The van der Waals surface area contributed by atoms with Crippen LogP contribution in [-0.4, -0.2) is 36.7 Å². The lowest BCUT2D eigenvalue weighted by Gasteiger charge is -2.37. The molecule has 0 spiro atoms. The summed E-state index contributed by atoms with van der Waals surface area (Å²) in [6.45, 7) is 12.5. The molecule has 0 aromatic carbocycles. The molecular weight excluding hydrogens is 204 g/mol. The van der Waals surface area contributed by atoms with Crippen molar-refractivity contribution in [3.8, 4) is 0 Å². The molecule has 4 nitrogen and oxygen atoms in total. The van der Waals surface area contributed by atoms with Crippen molar-refractivity contribution in [2.24, 2.45) is 11.3 Å². The minimum Gasteiger partial charge on any atom is -0.367 e. The Morgan fingerprint density at radius 3 is 2.56 bits per heavy atom. The highest BCUT2D eigenvalue weighted by Crippen LogP contribution is 2.19. The van der Waals surface area contributed by atoms with E-state index in [9.17, 15) is 4.79 Å². The third-order valence-corrected chi connectivity index (χ3v) is 2.81. The zero-order valence-corrected chi connectivity index (χ0v) is 11.0. The fourth-order valence-corrected chi connectivity index (χ4v) is 1.63. The van der Waals surface area contributed by atoms with Crippen molar-refractivity contribution in [3.63, 3.8) is 0 Å². The molecule has 94 valence electrons. The highest BCUT2D eigenvalue weighted by Gasteiger charge is 2.32. The number of hydrogen-bond donors (Lipinski definition) is 1. The molecule has 0 radical (unpaired) electrons. The lowest BCUT2D eigenvalue weighted by Crippen LogP contribution is -2.54. The van der Waals surface area contributed by atoms with Crippen LogP contribution in [0.2, 0.25) is 0 Å². The van der Waals surface area contributed by atoms with E-state index in [1.807, 2.05) is 25.8 Å². The zero-order valence-electron chi connectivity index (χ0n) is 11.0. The fraction of sp³-hybridized carbons (Fsp3) is 0.917. The van der Waals surface area contributed by atoms with Crippen molar-refractivity contribution in [1.29, 1.82) is 0 Å². The molecule has 1 saturated heterocycles. The van der Waals surface area contributed by atoms with Crippen molar-refractivity contribution >= 4 is 5.97 Å². The monoisotopic (exact) mass is 228 g/mol. The summed E-state index contributed by atoms with van der Waals surface area (Å²) < 4.78 is 0. The topological polar surface area (TPSA) is 41.6 Å². The minimum atomic E-state index is -0.438. The Bertz CT molecular complexity index is 246. The second kappa shape index (κ2) is 5.15. The maximum absolute atomic E-state index is 11.8. The van der Waals surface area contributed by atoms with Crippen molar-refractivity contribution in [1.82, 2.24) is 10.4 Å². The van der Waals surface area contributed by atoms with Crippen LogP contribution >= 0.6 is 0 Å². The molecule has 1 aliphatic heterocycles. The maximum atomic E-state index is 11.8. The molecule has 0 unspecified atom stereocenters. The molecule has 1 atom stereocenters. The summed E-state index contributed by atoms with van der Waals surface area (Å²) in [5.41, 5.74) is -0.438. The van der Waals surface area contributed by atoms with Gasteiger partial charge in [-0.15, -0.1) is 5.06 Å². The largest absolute Gasteiger partial charge is 0.367 e. The molecule has 0 saturated carbocycles. The number of nitrogens with one attached hydrogen (secondary N) is 1. The summed E-state index contributed by atoms with van der Waals surface area (Å²) in [5, 5.41) is 5.17. The SMILES string of the molecule is CC(C)[C@@H]1CNCCN1OC(=O)C(C)(C)C. The summed E-state index contributed by atoms with van der Waals surface area (Å²) in [5.74, 6) is 0.320. The van der Waals surface area contributed by atoms with Gasteiger partial charge in [-0.25, -0.2) is 4.79 Å². The molecule has 1 aliphatic rings. The van der Waals surface area contributed by atoms with E-state index in [0.29, 0.717) is 5.92 Å². The smallest absolute Gasteiger partial charge is 0.330 e. The van der Waals surface area contributed by atoms with E-state index in [2.05, 4.69) is 19.2 Å². The van der Waals surface area contributed by atoms with E-state index in [4.69, 9.17) is 4.84 Å². The van der Waals surface area contributed by atoms with Gasteiger partial charge in [0.25, 0.3) is 0 Å². The summed E-state index contributed by atoms with van der Waals surface area (Å²) in [6.07, 6.45) is 0. The molecule has 4 heteroatoms. The molecule has 0 amide bonds. The number of piperazine rings is 1. The van der Waals surface area contributed by atoms with Gasteiger partial charge >= 0.3 is 5.97 Å². The minimum absolute atomic E-state index is 0.153. The van der Waals surface area contributed by atoms with Crippen molar-refractivity contribution < 1.29 is 9.63 Å². The number of hydroxylamine groups is 2. The molecule has 1 heterocycles. The Hall–Kier alpha value is -0.610. The standard InChI is InChI=1S/C12H24N2O2/c1-9(2)10-8-13-6-7-14(10)16-11(15)12(3,4)5/h9-10,13H,6-8H2,1-5H3/t10-/m0/s1. The molecule has 1 N–H and O–H groups in total. The molecular formula is C12H24N2O2. The predicted octanol–water partition coefficient (Wildman–Crippen LogP) is 1.42. The first-order valence-electron chi connectivity index (χ1n) is 6.02. The molecule has 0 aromatic rings. The van der Waals surface area contributed by atoms with Gasteiger partial charge in [-0.3, -0.25) is 0 Å². The average molecular weight is 228 g/mol. The first-order chi connectivity index (χ1) is 7.32. The van der Waals surface area contributed by atoms with E-state index in [1.165, 1.54) is 0 Å². The second-order valence-corrected chi connectivity index (χ2v) is 5.78. The second-order valence-electron chi connectivity index (χ2n) is 5.78. The van der Waals surface area contributed by atoms with Gasteiger partial charge in [0.15, 0.2) is 0 Å². The van der Waals surface area contributed by atoms with Crippen LogP contribution in [0.1, 0.15) is 34.6 Å². The summed E-state index contributed by atoms with van der Waals surface area (Å²) >= 11 is 0. The zero-order chi connectivity index (χ0) is 12.3. The van der Waals surface area contributed by atoms with Crippen molar-refractivity contribution in [3.05, 3.63) is 0 Å². The first kappa shape index (κ1) is 13.5. The first-order valence-corrected chi connectivity index (χ1v) is 6.02. The molecule has 16 heavy (non-hydrogen) atoms. The van der Waals surface area contributed by atoms with Crippen LogP contribution in [0.5, 0.6) is 0 Å². The summed E-state index contributed by atoms with van der Waals surface area (Å²) in [6, 6.07) is 0.278. The Kier molecular flexibility index (Phi) is 4.33. The Morgan fingerprint density at radius 1 is 1.44 bits per heavy atom.